The zero-order chi connectivity index (χ0) is 14.4. The molecule has 0 aliphatic carbocycles. The lowest BCUT2D eigenvalue weighted by molar-refractivity contribution is 0.281. The van der Waals surface area contributed by atoms with E-state index in [1.54, 1.807) is 0 Å². The van der Waals surface area contributed by atoms with Crippen LogP contribution in [0.2, 0.25) is 0 Å². The Morgan fingerprint density at radius 2 is 2.05 bits per heavy atom. The molecule has 3 heteroatoms. The summed E-state index contributed by atoms with van der Waals surface area (Å²) < 4.78 is 11.4. The number of benzene rings is 1. The van der Waals surface area contributed by atoms with E-state index in [9.17, 15) is 4.79 Å². The molecule has 0 saturated heterocycles. The SMILES string of the molecule is CC(C)=CC1Cc2cc3c(C)cc(=O)oc3c(C)c2O1. The van der Waals surface area contributed by atoms with E-state index in [0.29, 0.717) is 5.58 Å². The van der Waals surface area contributed by atoms with E-state index in [-0.39, 0.29) is 11.7 Å². The first-order chi connectivity index (χ1) is 9.45. The normalized spacial score (nSPS) is 16.9. The van der Waals surface area contributed by atoms with Gasteiger partial charge in [0.2, 0.25) is 0 Å². The Kier molecular flexibility index (Phi) is 2.93. The molecule has 1 unspecified atom stereocenters. The molecule has 0 fully saturated rings. The van der Waals surface area contributed by atoms with E-state index < -0.39 is 0 Å². The summed E-state index contributed by atoms with van der Waals surface area (Å²) in [6.45, 7) is 8.03. The molecule has 1 aliphatic rings. The van der Waals surface area contributed by atoms with Gasteiger partial charge in [-0.1, -0.05) is 5.57 Å². The van der Waals surface area contributed by atoms with Crippen molar-refractivity contribution in [3.8, 4) is 5.75 Å². The van der Waals surface area contributed by atoms with Crippen LogP contribution >= 0.6 is 0 Å². The van der Waals surface area contributed by atoms with Crippen molar-refractivity contribution in [3.05, 3.63) is 50.9 Å². The topological polar surface area (TPSA) is 39.4 Å². The van der Waals surface area contributed by atoms with Gasteiger partial charge in [-0.15, -0.1) is 0 Å². The summed E-state index contributed by atoms with van der Waals surface area (Å²) in [6.07, 6.45) is 3.08. The minimum Gasteiger partial charge on any atom is -0.485 e. The Hall–Kier alpha value is -2.03. The maximum atomic E-state index is 11.5. The van der Waals surface area contributed by atoms with Crippen LogP contribution in [0.5, 0.6) is 5.75 Å². The number of aryl methyl sites for hydroxylation is 2. The minimum atomic E-state index is -0.308. The lowest BCUT2D eigenvalue weighted by atomic mass is 10.0. The van der Waals surface area contributed by atoms with Gasteiger partial charge >= 0.3 is 5.63 Å². The van der Waals surface area contributed by atoms with E-state index in [1.165, 1.54) is 17.2 Å². The average molecular weight is 270 g/mol. The fourth-order valence-electron chi connectivity index (χ4n) is 2.85. The molecular formula is C17H18O3. The van der Waals surface area contributed by atoms with Crippen LogP contribution in [0.25, 0.3) is 11.0 Å². The lowest BCUT2D eigenvalue weighted by Crippen LogP contribution is -2.09. The molecule has 2 heterocycles. The van der Waals surface area contributed by atoms with Crippen molar-refractivity contribution in [1.82, 2.24) is 0 Å². The third-order valence-corrected chi connectivity index (χ3v) is 3.71. The molecule has 0 radical (unpaired) electrons. The van der Waals surface area contributed by atoms with Crippen molar-refractivity contribution >= 4 is 11.0 Å². The molecule has 20 heavy (non-hydrogen) atoms. The number of fused-ring (bicyclic) bond motifs is 2. The molecular weight excluding hydrogens is 252 g/mol. The highest BCUT2D eigenvalue weighted by molar-refractivity contribution is 5.86. The van der Waals surface area contributed by atoms with Gasteiger partial charge in [-0.05, 0) is 51.0 Å². The van der Waals surface area contributed by atoms with E-state index in [0.717, 1.165) is 28.7 Å². The van der Waals surface area contributed by atoms with E-state index in [1.807, 2.05) is 13.8 Å². The predicted octanol–water partition coefficient (Wildman–Crippen LogP) is 3.68. The standard InChI is InChI=1S/C17H18O3/c1-9(2)5-13-7-12-8-14-10(3)6-15(18)20-17(14)11(4)16(12)19-13/h5-6,8,13H,7H2,1-4H3. The summed E-state index contributed by atoms with van der Waals surface area (Å²) in [5, 5.41) is 1.00. The number of hydrogen-bond donors (Lipinski definition) is 0. The monoisotopic (exact) mass is 270 g/mol. The summed E-state index contributed by atoms with van der Waals surface area (Å²) in [5.41, 5.74) is 4.64. The van der Waals surface area contributed by atoms with Crippen LogP contribution in [0.4, 0.5) is 0 Å². The van der Waals surface area contributed by atoms with Gasteiger partial charge in [0.15, 0.2) is 0 Å². The van der Waals surface area contributed by atoms with Gasteiger partial charge in [0, 0.05) is 23.4 Å². The number of allylic oxidation sites excluding steroid dienone is 1. The molecule has 0 amide bonds. The Morgan fingerprint density at radius 1 is 1.30 bits per heavy atom. The van der Waals surface area contributed by atoms with Crippen molar-refractivity contribution in [2.75, 3.05) is 0 Å². The highest BCUT2D eigenvalue weighted by Gasteiger charge is 2.25. The smallest absolute Gasteiger partial charge is 0.336 e. The molecule has 0 spiro atoms. The van der Waals surface area contributed by atoms with E-state index >= 15 is 0 Å². The van der Waals surface area contributed by atoms with E-state index in [4.69, 9.17) is 9.15 Å². The quantitative estimate of drug-likeness (QED) is 0.586. The Morgan fingerprint density at radius 3 is 2.75 bits per heavy atom. The second-order valence-electron chi connectivity index (χ2n) is 5.72. The summed E-state index contributed by atoms with van der Waals surface area (Å²) in [7, 11) is 0. The fourth-order valence-corrected chi connectivity index (χ4v) is 2.85. The van der Waals surface area contributed by atoms with Crippen molar-refractivity contribution in [2.45, 2.75) is 40.2 Å². The first-order valence-electron chi connectivity index (χ1n) is 6.84. The molecule has 0 N–H and O–H groups in total. The summed E-state index contributed by atoms with van der Waals surface area (Å²) in [6, 6.07) is 3.63. The minimum absolute atomic E-state index is 0.0811. The van der Waals surface area contributed by atoms with Crippen molar-refractivity contribution in [3.63, 3.8) is 0 Å². The van der Waals surface area contributed by atoms with Gasteiger partial charge in [0.1, 0.15) is 17.4 Å². The van der Waals surface area contributed by atoms with Gasteiger partial charge in [-0.25, -0.2) is 4.79 Å². The Bertz CT molecular complexity index is 777. The van der Waals surface area contributed by atoms with Crippen molar-refractivity contribution in [1.29, 1.82) is 0 Å². The summed E-state index contributed by atoms with van der Waals surface area (Å²) >= 11 is 0. The molecule has 0 saturated carbocycles. The molecule has 104 valence electrons. The third-order valence-electron chi connectivity index (χ3n) is 3.71. The first-order valence-corrected chi connectivity index (χ1v) is 6.84. The molecule has 2 aromatic rings. The average Bonchev–Trinajstić information content (AvgIpc) is 2.73. The Balaban J connectivity index is 2.20. The molecule has 0 bridgehead atoms. The highest BCUT2D eigenvalue weighted by Crippen LogP contribution is 2.38. The second-order valence-corrected chi connectivity index (χ2v) is 5.72. The highest BCUT2D eigenvalue weighted by atomic mass is 16.5. The summed E-state index contributed by atoms with van der Waals surface area (Å²) in [4.78, 5) is 11.5. The zero-order valence-electron chi connectivity index (χ0n) is 12.2. The van der Waals surface area contributed by atoms with Crippen LogP contribution < -0.4 is 10.4 Å². The number of rotatable bonds is 1. The third kappa shape index (κ3) is 2.03. The molecule has 1 aromatic heterocycles. The van der Waals surface area contributed by atoms with Gasteiger partial charge in [-0.3, -0.25) is 0 Å². The van der Waals surface area contributed by atoms with Crippen LogP contribution in [0.3, 0.4) is 0 Å². The first kappa shape index (κ1) is 13.0. The molecule has 1 aromatic carbocycles. The number of hydrogen-bond acceptors (Lipinski definition) is 3. The molecule has 1 atom stereocenters. The maximum absolute atomic E-state index is 11.5. The predicted molar refractivity (Wildman–Crippen MR) is 79.5 cm³/mol. The van der Waals surface area contributed by atoms with Gasteiger partial charge < -0.3 is 9.15 Å². The molecule has 1 aliphatic heterocycles. The Labute approximate surface area is 117 Å². The zero-order valence-corrected chi connectivity index (χ0v) is 12.2. The summed E-state index contributed by atoms with van der Waals surface area (Å²) in [5.74, 6) is 0.869. The van der Waals surface area contributed by atoms with Crippen LogP contribution in [-0.2, 0) is 6.42 Å². The van der Waals surface area contributed by atoms with Gasteiger partial charge in [0.05, 0.1) is 0 Å². The fraction of sp³-hybridized carbons (Fsp3) is 0.353. The lowest BCUT2D eigenvalue weighted by Gasteiger charge is -2.10. The second kappa shape index (κ2) is 4.51. The van der Waals surface area contributed by atoms with Crippen molar-refractivity contribution < 1.29 is 9.15 Å². The molecule has 3 nitrogen and oxygen atoms in total. The largest absolute Gasteiger partial charge is 0.485 e. The van der Waals surface area contributed by atoms with Crippen LogP contribution in [0.1, 0.15) is 30.5 Å². The molecule has 3 rings (SSSR count). The maximum Gasteiger partial charge on any atom is 0.336 e. The van der Waals surface area contributed by atoms with Crippen LogP contribution in [0.15, 0.2) is 33.0 Å². The van der Waals surface area contributed by atoms with E-state index in [2.05, 4.69) is 26.0 Å². The van der Waals surface area contributed by atoms with Gasteiger partial charge in [-0.2, -0.15) is 0 Å². The van der Waals surface area contributed by atoms with Crippen molar-refractivity contribution in [2.24, 2.45) is 0 Å². The van der Waals surface area contributed by atoms with Crippen LogP contribution in [0, 0.1) is 13.8 Å². The van der Waals surface area contributed by atoms with Gasteiger partial charge in [0.25, 0.3) is 0 Å². The van der Waals surface area contributed by atoms with Crippen LogP contribution in [-0.4, -0.2) is 6.10 Å². The number of ether oxygens (including phenoxy) is 1.